The van der Waals surface area contributed by atoms with E-state index in [4.69, 9.17) is 14.2 Å². The molecule has 2 saturated carbocycles. The summed E-state index contributed by atoms with van der Waals surface area (Å²) in [6, 6.07) is 0. The van der Waals surface area contributed by atoms with Crippen molar-refractivity contribution in [3.8, 4) is 0 Å². The van der Waals surface area contributed by atoms with Crippen LogP contribution in [-0.4, -0.2) is 41.6 Å². The van der Waals surface area contributed by atoms with E-state index in [-0.39, 0.29) is 18.7 Å². The van der Waals surface area contributed by atoms with Gasteiger partial charge in [-0.1, -0.05) is 20.8 Å². The summed E-state index contributed by atoms with van der Waals surface area (Å²) in [5.74, 6) is -1.66. The molecule has 5 atom stereocenters. The van der Waals surface area contributed by atoms with Crippen molar-refractivity contribution in [1.82, 2.24) is 0 Å². The molecule has 0 aromatic rings. The molecular weight excluding hydrogens is 300 g/mol. The summed E-state index contributed by atoms with van der Waals surface area (Å²) < 4.78 is 17.5. The van der Waals surface area contributed by atoms with Crippen molar-refractivity contribution in [2.75, 3.05) is 6.61 Å². The SMILES string of the molecule is CC(C)(C)[C@@]12C[C@H]3OC(=O)[C@@]4(CCCC34C13COC(=O)C3=O)O2. The van der Waals surface area contributed by atoms with Gasteiger partial charge in [-0.15, -0.1) is 0 Å². The number of hydrogen-bond acceptors (Lipinski definition) is 6. The highest BCUT2D eigenvalue weighted by Gasteiger charge is 2.97. The Bertz CT molecular complexity index is 692. The molecule has 3 heterocycles. The Balaban J connectivity index is 1.88. The van der Waals surface area contributed by atoms with E-state index in [0.29, 0.717) is 19.3 Å². The maximum atomic E-state index is 13.1. The Hall–Kier alpha value is -1.43. The highest BCUT2D eigenvalue weighted by Crippen LogP contribution is 2.83. The lowest BCUT2D eigenvalue weighted by atomic mass is 9.53. The van der Waals surface area contributed by atoms with Crippen molar-refractivity contribution < 1.29 is 28.6 Å². The van der Waals surface area contributed by atoms with Gasteiger partial charge < -0.3 is 14.2 Å². The molecule has 6 heteroatoms. The molecule has 124 valence electrons. The highest BCUT2D eigenvalue weighted by molar-refractivity contribution is 6.38. The molecule has 5 rings (SSSR count). The summed E-state index contributed by atoms with van der Waals surface area (Å²) in [6.07, 6.45) is 2.14. The van der Waals surface area contributed by atoms with Gasteiger partial charge in [0, 0.05) is 6.42 Å². The molecule has 2 aliphatic carbocycles. The van der Waals surface area contributed by atoms with Crippen molar-refractivity contribution in [3.05, 3.63) is 0 Å². The van der Waals surface area contributed by atoms with Crippen molar-refractivity contribution in [1.29, 1.82) is 0 Å². The van der Waals surface area contributed by atoms with Crippen LogP contribution in [0.5, 0.6) is 0 Å². The smallest absolute Gasteiger partial charge is 0.375 e. The van der Waals surface area contributed by atoms with Gasteiger partial charge in [-0.25, -0.2) is 9.59 Å². The Morgan fingerprint density at radius 1 is 1.13 bits per heavy atom. The van der Waals surface area contributed by atoms with E-state index in [2.05, 4.69) is 0 Å². The van der Waals surface area contributed by atoms with Crippen molar-refractivity contribution in [2.45, 2.75) is 63.8 Å². The molecule has 2 unspecified atom stereocenters. The molecule has 5 fully saturated rings. The van der Waals surface area contributed by atoms with Gasteiger partial charge in [-0.05, 0) is 24.7 Å². The van der Waals surface area contributed by atoms with Crippen LogP contribution in [0.15, 0.2) is 0 Å². The first kappa shape index (κ1) is 14.0. The van der Waals surface area contributed by atoms with Gasteiger partial charge in [0.2, 0.25) is 0 Å². The van der Waals surface area contributed by atoms with Crippen molar-refractivity contribution in [2.24, 2.45) is 16.2 Å². The van der Waals surface area contributed by atoms with Gasteiger partial charge >= 0.3 is 11.9 Å². The van der Waals surface area contributed by atoms with Gasteiger partial charge in [0.05, 0.1) is 11.0 Å². The van der Waals surface area contributed by atoms with Crippen LogP contribution < -0.4 is 0 Å². The second kappa shape index (κ2) is 3.34. The largest absolute Gasteiger partial charge is 0.459 e. The first-order chi connectivity index (χ1) is 10.7. The Morgan fingerprint density at radius 2 is 1.87 bits per heavy atom. The number of cyclic esters (lactones) is 1. The Kier molecular flexibility index (Phi) is 2.03. The monoisotopic (exact) mass is 320 g/mol. The van der Waals surface area contributed by atoms with Gasteiger partial charge in [0.25, 0.3) is 5.78 Å². The van der Waals surface area contributed by atoms with E-state index in [0.717, 1.165) is 6.42 Å². The lowest BCUT2D eigenvalue weighted by Gasteiger charge is -2.47. The molecule has 2 bridgehead atoms. The van der Waals surface area contributed by atoms with Crippen LogP contribution in [0.3, 0.4) is 0 Å². The van der Waals surface area contributed by atoms with Crippen LogP contribution in [-0.2, 0) is 28.6 Å². The minimum absolute atomic E-state index is 0.0107. The highest BCUT2D eigenvalue weighted by atomic mass is 16.6. The normalized spacial score (nSPS) is 53.2. The molecule has 0 aromatic heterocycles. The molecule has 2 spiro atoms. The number of ether oxygens (including phenoxy) is 3. The zero-order valence-electron chi connectivity index (χ0n) is 13.6. The predicted octanol–water partition coefficient (Wildman–Crippen LogP) is 1.15. The van der Waals surface area contributed by atoms with Gasteiger partial charge in [-0.2, -0.15) is 0 Å². The Labute approximate surface area is 133 Å². The zero-order valence-corrected chi connectivity index (χ0v) is 13.6. The number of hydrogen-bond donors (Lipinski definition) is 0. The number of carbonyl (C=O) groups is 3. The first-order valence-corrected chi connectivity index (χ1v) is 8.31. The quantitative estimate of drug-likeness (QED) is 0.492. The number of carbonyl (C=O) groups excluding carboxylic acids is 3. The maximum absolute atomic E-state index is 13.1. The van der Waals surface area contributed by atoms with E-state index in [1.54, 1.807) is 0 Å². The van der Waals surface area contributed by atoms with Gasteiger partial charge in [-0.3, -0.25) is 4.79 Å². The molecular formula is C17H20O6. The third kappa shape index (κ3) is 0.969. The molecule has 0 radical (unpaired) electrons. The Morgan fingerprint density at radius 3 is 2.48 bits per heavy atom. The fourth-order valence-electron chi connectivity index (χ4n) is 6.74. The average Bonchev–Trinajstić information content (AvgIpc) is 3.12. The topological polar surface area (TPSA) is 78.9 Å². The minimum Gasteiger partial charge on any atom is -0.459 e. The summed E-state index contributed by atoms with van der Waals surface area (Å²) in [4.78, 5) is 37.9. The second-order valence-electron chi connectivity index (χ2n) is 8.74. The lowest BCUT2D eigenvalue weighted by molar-refractivity contribution is -0.194. The number of esters is 2. The van der Waals surface area contributed by atoms with Crippen LogP contribution >= 0.6 is 0 Å². The fourth-order valence-corrected chi connectivity index (χ4v) is 6.74. The third-order valence-corrected chi connectivity index (χ3v) is 7.43. The minimum atomic E-state index is -1.09. The van der Waals surface area contributed by atoms with Gasteiger partial charge in [0.15, 0.2) is 5.60 Å². The van der Waals surface area contributed by atoms with Crippen molar-refractivity contribution >= 4 is 17.7 Å². The summed E-state index contributed by atoms with van der Waals surface area (Å²) >= 11 is 0. The van der Waals surface area contributed by atoms with Crippen LogP contribution in [0.4, 0.5) is 0 Å². The number of rotatable bonds is 0. The molecule has 0 amide bonds. The molecule has 23 heavy (non-hydrogen) atoms. The fraction of sp³-hybridized carbons (Fsp3) is 0.824. The van der Waals surface area contributed by atoms with E-state index in [9.17, 15) is 14.4 Å². The molecule has 0 N–H and O–H groups in total. The molecule has 0 aromatic carbocycles. The van der Waals surface area contributed by atoms with E-state index in [1.807, 2.05) is 20.8 Å². The molecule has 6 nitrogen and oxygen atoms in total. The van der Waals surface area contributed by atoms with Crippen LogP contribution in [0.25, 0.3) is 0 Å². The van der Waals surface area contributed by atoms with Crippen molar-refractivity contribution in [3.63, 3.8) is 0 Å². The summed E-state index contributed by atoms with van der Waals surface area (Å²) in [5.41, 5.74) is -4.24. The first-order valence-electron chi connectivity index (χ1n) is 8.31. The zero-order chi connectivity index (χ0) is 16.5. The van der Waals surface area contributed by atoms with E-state index in [1.165, 1.54) is 0 Å². The maximum Gasteiger partial charge on any atom is 0.375 e. The van der Waals surface area contributed by atoms with E-state index < -0.39 is 39.2 Å². The van der Waals surface area contributed by atoms with Crippen LogP contribution in [0.2, 0.25) is 0 Å². The van der Waals surface area contributed by atoms with Crippen LogP contribution in [0, 0.1) is 16.2 Å². The summed E-state index contributed by atoms with van der Waals surface area (Å²) in [5, 5.41) is 0. The second-order valence-corrected chi connectivity index (χ2v) is 8.74. The average molecular weight is 320 g/mol. The summed E-state index contributed by atoms with van der Waals surface area (Å²) in [7, 11) is 0. The van der Waals surface area contributed by atoms with Gasteiger partial charge in [0.1, 0.15) is 18.1 Å². The van der Waals surface area contributed by atoms with Crippen LogP contribution in [0.1, 0.15) is 46.5 Å². The molecule has 3 aliphatic heterocycles. The predicted molar refractivity (Wildman–Crippen MR) is 75.2 cm³/mol. The lowest BCUT2D eigenvalue weighted by Crippen LogP contribution is -2.58. The third-order valence-electron chi connectivity index (χ3n) is 7.43. The molecule has 3 saturated heterocycles. The van der Waals surface area contributed by atoms with E-state index >= 15 is 0 Å². The number of ketones is 1. The standard InChI is InChI=1S/C17H20O6/c1-13(2,3)17-7-9-14(15(17)8-21-11(19)10(15)18)5-4-6-16(14,23-17)12(20)22-9/h9H,4-8H2,1-3H3/t9-,14?,15?,16-,17+/m1/s1. The number of Topliss-reactive ketones (excluding diaryl/α,β-unsaturated/α-hetero) is 1. The summed E-state index contributed by atoms with van der Waals surface area (Å²) in [6.45, 7) is 6.03. The molecule has 5 aliphatic rings.